The molecule has 0 bridgehead atoms. The van der Waals surface area contributed by atoms with Crippen molar-refractivity contribution in [2.75, 3.05) is 6.54 Å². The summed E-state index contributed by atoms with van der Waals surface area (Å²) in [6.45, 7) is 0.728. The molecule has 0 N–H and O–H groups in total. The van der Waals surface area contributed by atoms with Gasteiger partial charge in [-0.2, -0.15) is 0 Å². The normalized spacial score (nSPS) is 29.1. The molecule has 30 heavy (non-hydrogen) atoms. The number of benzene rings is 2. The third kappa shape index (κ3) is 1.92. The number of fused-ring (bicyclic) bond motifs is 6. The molecule has 150 valence electrons. The molecule has 3 heterocycles. The number of carbonyl (C=O) groups excluding carboxylic acids is 4. The smallest absolute Gasteiger partial charge is 0.236 e. The summed E-state index contributed by atoms with van der Waals surface area (Å²) >= 11 is 0. The van der Waals surface area contributed by atoms with Crippen molar-refractivity contribution < 1.29 is 19.2 Å². The summed E-state index contributed by atoms with van der Waals surface area (Å²) in [5, 5.41) is 0. The molecule has 1 aliphatic carbocycles. The van der Waals surface area contributed by atoms with Crippen LogP contribution in [0.5, 0.6) is 0 Å². The number of hydrogen-bond donors (Lipinski definition) is 0. The van der Waals surface area contributed by atoms with Gasteiger partial charge in [0.1, 0.15) is 0 Å². The Balaban J connectivity index is 1.49. The van der Waals surface area contributed by atoms with Gasteiger partial charge in [-0.3, -0.25) is 29.0 Å². The first-order chi connectivity index (χ1) is 14.6. The van der Waals surface area contributed by atoms with Crippen LogP contribution in [0.15, 0.2) is 54.6 Å². The summed E-state index contributed by atoms with van der Waals surface area (Å²) in [6.07, 6.45) is 1.53. The lowest BCUT2D eigenvalue weighted by atomic mass is 9.76. The monoisotopic (exact) mass is 400 g/mol. The first kappa shape index (κ1) is 17.7. The number of imide groups is 1. The van der Waals surface area contributed by atoms with Crippen LogP contribution in [-0.2, 0) is 16.1 Å². The van der Waals surface area contributed by atoms with E-state index in [1.807, 2.05) is 35.2 Å². The van der Waals surface area contributed by atoms with Gasteiger partial charge in [0.2, 0.25) is 11.8 Å². The molecule has 2 aromatic carbocycles. The van der Waals surface area contributed by atoms with E-state index in [1.165, 1.54) is 4.90 Å². The second-order valence-electron chi connectivity index (χ2n) is 8.62. The Morgan fingerprint density at radius 1 is 0.833 bits per heavy atom. The molecule has 3 fully saturated rings. The van der Waals surface area contributed by atoms with E-state index < -0.39 is 23.3 Å². The molecular weight excluding hydrogens is 380 g/mol. The van der Waals surface area contributed by atoms with Gasteiger partial charge in [0.25, 0.3) is 0 Å². The van der Waals surface area contributed by atoms with E-state index in [1.54, 1.807) is 24.3 Å². The third-order valence-electron chi connectivity index (χ3n) is 7.35. The third-order valence-corrected chi connectivity index (χ3v) is 7.35. The highest BCUT2D eigenvalue weighted by Crippen LogP contribution is 2.56. The van der Waals surface area contributed by atoms with Gasteiger partial charge >= 0.3 is 0 Å². The minimum absolute atomic E-state index is 0.170. The van der Waals surface area contributed by atoms with Crippen LogP contribution in [0.3, 0.4) is 0 Å². The quantitative estimate of drug-likeness (QED) is 0.570. The van der Waals surface area contributed by atoms with Crippen molar-refractivity contribution in [2.24, 2.45) is 11.8 Å². The lowest BCUT2D eigenvalue weighted by Crippen LogP contribution is -2.59. The molecule has 0 saturated carbocycles. The zero-order chi connectivity index (χ0) is 20.6. The first-order valence-electron chi connectivity index (χ1n) is 10.4. The highest BCUT2D eigenvalue weighted by Gasteiger charge is 2.76. The predicted octanol–water partition coefficient (Wildman–Crippen LogP) is 2.08. The van der Waals surface area contributed by atoms with Gasteiger partial charge in [0.05, 0.1) is 18.4 Å². The number of ketones is 2. The standard InChI is InChI=1S/C24H20N2O4/c27-20-15-9-4-5-10-16(15)21(28)24(20)19-18(17-11-6-12-26(17)24)22(29)25(23(19)30)13-14-7-2-1-3-8-14/h1-5,7-10,17-19H,6,11-13H2/t17-,18-,19-/m1/s1. The maximum atomic E-state index is 13.7. The van der Waals surface area contributed by atoms with Gasteiger partial charge in [-0.05, 0) is 24.9 Å². The van der Waals surface area contributed by atoms with Crippen molar-refractivity contribution in [2.45, 2.75) is 31.0 Å². The average Bonchev–Trinajstić information content (AvgIpc) is 3.46. The Bertz CT molecular complexity index is 1090. The topological polar surface area (TPSA) is 74.8 Å². The van der Waals surface area contributed by atoms with E-state index in [4.69, 9.17) is 0 Å². The highest BCUT2D eigenvalue weighted by atomic mass is 16.2. The summed E-state index contributed by atoms with van der Waals surface area (Å²) in [7, 11) is 0. The molecule has 3 atom stereocenters. The molecule has 4 aliphatic rings. The molecule has 6 rings (SSSR count). The Hall–Kier alpha value is -3.12. The van der Waals surface area contributed by atoms with Crippen LogP contribution in [-0.4, -0.2) is 51.3 Å². The molecule has 3 aliphatic heterocycles. The summed E-state index contributed by atoms with van der Waals surface area (Å²) < 4.78 is 0. The van der Waals surface area contributed by atoms with Crippen molar-refractivity contribution in [3.8, 4) is 0 Å². The summed E-state index contributed by atoms with van der Waals surface area (Å²) in [4.78, 5) is 57.6. The Labute approximate surface area is 173 Å². The number of amides is 2. The van der Waals surface area contributed by atoms with Crippen molar-refractivity contribution in [1.29, 1.82) is 0 Å². The second-order valence-corrected chi connectivity index (χ2v) is 8.62. The van der Waals surface area contributed by atoms with Gasteiger partial charge in [0.15, 0.2) is 17.1 Å². The van der Waals surface area contributed by atoms with Crippen LogP contribution < -0.4 is 0 Å². The minimum Gasteiger partial charge on any atom is -0.291 e. The molecule has 2 amide bonds. The van der Waals surface area contributed by atoms with E-state index in [-0.39, 0.29) is 30.1 Å². The molecule has 0 radical (unpaired) electrons. The Morgan fingerprint density at radius 2 is 1.47 bits per heavy atom. The SMILES string of the molecule is O=C1[C@@H]2[C@H]3CCCN3C3(C(=O)c4ccccc4C3=O)[C@H]2C(=O)N1Cc1ccccc1. The van der Waals surface area contributed by atoms with Crippen molar-refractivity contribution >= 4 is 23.4 Å². The van der Waals surface area contributed by atoms with Gasteiger partial charge in [-0.1, -0.05) is 54.6 Å². The largest absolute Gasteiger partial charge is 0.291 e. The number of rotatable bonds is 2. The summed E-state index contributed by atoms with van der Waals surface area (Å²) in [5.41, 5.74) is 0.0308. The van der Waals surface area contributed by atoms with Gasteiger partial charge in [-0.25, -0.2) is 0 Å². The van der Waals surface area contributed by atoms with E-state index in [2.05, 4.69) is 0 Å². The maximum absolute atomic E-state index is 13.7. The molecule has 2 aromatic rings. The second kappa shape index (κ2) is 5.95. The van der Waals surface area contributed by atoms with Gasteiger partial charge in [0, 0.05) is 17.2 Å². The van der Waals surface area contributed by atoms with E-state index in [9.17, 15) is 19.2 Å². The molecule has 0 unspecified atom stereocenters. The molecule has 6 nitrogen and oxygen atoms in total. The van der Waals surface area contributed by atoms with E-state index >= 15 is 0 Å². The average molecular weight is 400 g/mol. The zero-order valence-electron chi connectivity index (χ0n) is 16.3. The van der Waals surface area contributed by atoms with Crippen LogP contribution in [0.1, 0.15) is 39.1 Å². The Kier molecular flexibility index (Phi) is 3.51. The lowest BCUT2D eigenvalue weighted by molar-refractivity contribution is -0.142. The number of carbonyl (C=O) groups is 4. The van der Waals surface area contributed by atoms with Gasteiger partial charge in [-0.15, -0.1) is 0 Å². The Morgan fingerprint density at radius 3 is 2.13 bits per heavy atom. The van der Waals surface area contributed by atoms with Crippen LogP contribution in [0.4, 0.5) is 0 Å². The fourth-order valence-corrected chi connectivity index (χ4v) is 6.22. The van der Waals surface area contributed by atoms with E-state index in [0.717, 1.165) is 18.4 Å². The molecular formula is C24H20N2O4. The van der Waals surface area contributed by atoms with Crippen molar-refractivity contribution in [3.63, 3.8) is 0 Å². The fourth-order valence-electron chi connectivity index (χ4n) is 6.22. The van der Waals surface area contributed by atoms with Crippen molar-refractivity contribution in [3.05, 3.63) is 71.3 Å². The first-order valence-corrected chi connectivity index (χ1v) is 10.4. The van der Waals surface area contributed by atoms with Crippen LogP contribution in [0.25, 0.3) is 0 Å². The van der Waals surface area contributed by atoms with Crippen LogP contribution in [0, 0.1) is 11.8 Å². The molecule has 3 saturated heterocycles. The van der Waals surface area contributed by atoms with Crippen LogP contribution in [0.2, 0.25) is 0 Å². The predicted molar refractivity (Wildman–Crippen MR) is 107 cm³/mol. The number of nitrogens with zero attached hydrogens (tertiary/aromatic N) is 2. The number of likely N-dealkylation sites (tertiary alicyclic amines) is 1. The fraction of sp³-hybridized carbons (Fsp3) is 0.333. The minimum atomic E-state index is -1.56. The molecule has 6 heteroatoms. The highest BCUT2D eigenvalue weighted by molar-refractivity contribution is 6.35. The zero-order valence-corrected chi connectivity index (χ0v) is 16.3. The lowest BCUT2D eigenvalue weighted by Gasteiger charge is -2.35. The van der Waals surface area contributed by atoms with Crippen LogP contribution >= 0.6 is 0 Å². The molecule has 1 spiro atoms. The maximum Gasteiger partial charge on any atom is 0.236 e. The summed E-state index contributed by atoms with van der Waals surface area (Å²) in [5.74, 6) is -2.84. The number of hydrogen-bond acceptors (Lipinski definition) is 5. The summed E-state index contributed by atoms with van der Waals surface area (Å²) in [6, 6.07) is 15.9. The van der Waals surface area contributed by atoms with Gasteiger partial charge < -0.3 is 0 Å². The van der Waals surface area contributed by atoms with E-state index in [0.29, 0.717) is 17.7 Å². The molecule has 0 aromatic heterocycles. The number of Topliss-reactive ketones (excluding diaryl/α,β-unsaturated/α-hetero) is 2. The van der Waals surface area contributed by atoms with Crippen molar-refractivity contribution in [1.82, 2.24) is 9.80 Å².